The summed E-state index contributed by atoms with van der Waals surface area (Å²) in [5, 5.41) is 0. The highest BCUT2D eigenvalue weighted by atomic mass is 15.2. The van der Waals surface area contributed by atoms with Crippen molar-refractivity contribution in [3.63, 3.8) is 0 Å². The number of hydrogen-bond donors (Lipinski definition) is 2. The first-order chi connectivity index (χ1) is 7.19. The quantitative estimate of drug-likeness (QED) is 0.446. The van der Waals surface area contributed by atoms with Gasteiger partial charge in [-0.25, -0.2) is 0 Å². The van der Waals surface area contributed by atoms with Gasteiger partial charge in [-0.1, -0.05) is 6.07 Å². The van der Waals surface area contributed by atoms with Crippen molar-refractivity contribution in [2.45, 2.75) is 33.2 Å². The minimum Gasteiger partial charge on any atom is -0.271 e. The molecule has 0 saturated heterocycles. The van der Waals surface area contributed by atoms with E-state index in [-0.39, 0.29) is 6.04 Å². The van der Waals surface area contributed by atoms with Crippen LogP contribution in [0, 0.1) is 25.7 Å². The van der Waals surface area contributed by atoms with Gasteiger partial charge in [-0.15, -0.1) is 11.8 Å². The van der Waals surface area contributed by atoms with Gasteiger partial charge in [-0.2, -0.15) is 0 Å². The van der Waals surface area contributed by atoms with Gasteiger partial charge in [0, 0.05) is 12.6 Å². The highest BCUT2D eigenvalue weighted by molar-refractivity contribution is 5.26. The number of nitrogens with two attached hydrogens (primary N) is 1. The normalized spacial score (nSPS) is 11.7. The van der Waals surface area contributed by atoms with Crippen molar-refractivity contribution in [3.8, 4) is 11.8 Å². The largest absolute Gasteiger partial charge is 0.271 e. The molecule has 1 aromatic rings. The van der Waals surface area contributed by atoms with E-state index in [0.29, 0.717) is 6.42 Å². The van der Waals surface area contributed by atoms with Gasteiger partial charge < -0.3 is 0 Å². The van der Waals surface area contributed by atoms with Gasteiger partial charge in [-0.05, 0) is 31.9 Å². The average Bonchev–Trinajstić information content (AvgIpc) is 2.21. The summed E-state index contributed by atoms with van der Waals surface area (Å²) in [5.41, 5.74) is 6.04. The van der Waals surface area contributed by atoms with Crippen LogP contribution in [0.1, 0.15) is 36.2 Å². The van der Waals surface area contributed by atoms with Crippen LogP contribution in [0.25, 0.3) is 0 Å². The molecule has 3 heteroatoms. The van der Waals surface area contributed by atoms with E-state index >= 15 is 0 Å². The number of hydrogen-bond acceptors (Lipinski definition) is 3. The van der Waals surface area contributed by atoms with Crippen LogP contribution in [-0.2, 0) is 0 Å². The van der Waals surface area contributed by atoms with E-state index in [0.717, 1.165) is 16.8 Å². The first kappa shape index (κ1) is 11.7. The molecular weight excluding hydrogens is 186 g/mol. The number of pyridine rings is 1. The van der Waals surface area contributed by atoms with E-state index in [4.69, 9.17) is 5.84 Å². The molecule has 0 saturated carbocycles. The Balaban J connectivity index is 2.94. The molecule has 0 aliphatic heterocycles. The van der Waals surface area contributed by atoms with Crippen molar-refractivity contribution < 1.29 is 0 Å². The van der Waals surface area contributed by atoms with E-state index in [9.17, 15) is 0 Å². The molecule has 0 aliphatic rings. The monoisotopic (exact) mass is 203 g/mol. The minimum absolute atomic E-state index is 0.0121. The number of hydrazine groups is 1. The van der Waals surface area contributed by atoms with Gasteiger partial charge in [0.05, 0.1) is 11.7 Å². The first-order valence-electron chi connectivity index (χ1n) is 4.98. The molecule has 0 aromatic carbocycles. The van der Waals surface area contributed by atoms with Crippen molar-refractivity contribution in [1.29, 1.82) is 0 Å². The molecule has 0 bridgehead atoms. The Morgan fingerprint density at radius 2 is 2.27 bits per heavy atom. The van der Waals surface area contributed by atoms with Gasteiger partial charge in [-0.3, -0.25) is 16.3 Å². The molecule has 3 nitrogen and oxygen atoms in total. The zero-order chi connectivity index (χ0) is 11.3. The molecule has 0 aliphatic carbocycles. The van der Waals surface area contributed by atoms with Gasteiger partial charge in [0.2, 0.25) is 0 Å². The summed E-state index contributed by atoms with van der Waals surface area (Å²) in [5.74, 6) is 11.4. The molecule has 0 radical (unpaired) electrons. The van der Waals surface area contributed by atoms with Gasteiger partial charge >= 0.3 is 0 Å². The highest BCUT2D eigenvalue weighted by Gasteiger charge is 2.12. The lowest BCUT2D eigenvalue weighted by molar-refractivity contribution is 0.550. The van der Waals surface area contributed by atoms with Crippen LogP contribution in [-0.4, -0.2) is 4.98 Å². The molecule has 0 spiro atoms. The Morgan fingerprint density at radius 1 is 1.53 bits per heavy atom. The third-order valence-electron chi connectivity index (χ3n) is 2.27. The lowest BCUT2D eigenvalue weighted by atomic mass is 10.0. The summed E-state index contributed by atoms with van der Waals surface area (Å²) in [7, 11) is 0. The Bertz CT molecular complexity index is 388. The molecule has 1 unspecified atom stereocenters. The third-order valence-corrected chi connectivity index (χ3v) is 2.27. The molecule has 3 N–H and O–H groups in total. The number of aromatic nitrogens is 1. The second-order valence-corrected chi connectivity index (χ2v) is 3.56. The minimum atomic E-state index is 0.0121. The van der Waals surface area contributed by atoms with Crippen LogP contribution in [0.2, 0.25) is 0 Å². The molecule has 1 rings (SSSR count). The maximum Gasteiger partial charge on any atom is 0.0743 e. The lowest BCUT2D eigenvalue weighted by Crippen LogP contribution is -2.29. The van der Waals surface area contributed by atoms with E-state index < -0.39 is 0 Å². The zero-order valence-electron chi connectivity index (χ0n) is 9.46. The van der Waals surface area contributed by atoms with Crippen LogP contribution >= 0.6 is 0 Å². The van der Waals surface area contributed by atoms with E-state index in [1.54, 1.807) is 0 Å². The molecule has 0 fully saturated rings. The fourth-order valence-electron chi connectivity index (χ4n) is 1.53. The van der Waals surface area contributed by atoms with Gasteiger partial charge in [0.15, 0.2) is 0 Å². The number of nitrogens with one attached hydrogen (secondary N) is 1. The standard InChI is InChI=1S/C12H17N3/c1-4-5-6-11(15-13)12-10(3)7-9(2)8-14-12/h7-8,11,15H,6,13H2,1-3H3. The number of aryl methyl sites for hydroxylation is 2. The van der Waals surface area contributed by atoms with Crippen LogP contribution < -0.4 is 11.3 Å². The smallest absolute Gasteiger partial charge is 0.0743 e. The molecule has 1 aromatic heterocycles. The summed E-state index contributed by atoms with van der Waals surface area (Å²) < 4.78 is 0. The molecule has 0 amide bonds. The number of nitrogens with zero attached hydrogens (tertiary/aromatic N) is 1. The molecule has 1 atom stereocenters. The Labute approximate surface area is 91.1 Å². The summed E-state index contributed by atoms with van der Waals surface area (Å²) in [6.07, 6.45) is 2.54. The maximum atomic E-state index is 5.49. The van der Waals surface area contributed by atoms with E-state index in [2.05, 4.69) is 28.3 Å². The summed E-state index contributed by atoms with van der Waals surface area (Å²) in [6.45, 7) is 5.89. The van der Waals surface area contributed by atoms with Crippen molar-refractivity contribution in [2.24, 2.45) is 5.84 Å². The zero-order valence-corrected chi connectivity index (χ0v) is 9.46. The van der Waals surface area contributed by atoms with Gasteiger partial charge in [0.25, 0.3) is 0 Å². The van der Waals surface area contributed by atoms with Crippen molar-refractivity contribution in [1.82, 2.24) is 10.4 Å². The Morgan fingerprint density at radius 3 is 2.80 bits per heavy atom. The predicted molar refractivity (Wildman–Crippen MR) is 61.8 cm³/mol. The highest BCUT2D eigenvalue weighted by Crippen LogP contribution is 2.17. The first-order valence-corrected chi connectivity index (χ1v) is 4.98. The van der Waals surface area contributed by atoms with Crippen molar-refractivity contribution in [3.05, 3.63) is 29.1 Å². The summed E-state index contributed by atoms with van der Waals surface area (Å²) in [6, 6.07) is 2.12. The van der Waals surface area contributed by atoms with E-state index in [1.165, 1.54) is 0 Å². The second kappa shape index (κ2) is 5.50. The van der Waals surface area contributed by atoms with Crippen LogP contribution in [0.3, 0.4) is 0 Å². The maximum absolute atomic E-state index is 5.49. The number of rotatable bonds is 3. The average molecular weight is 203 g/mol. The predicted octanol–water partition coefficient (Wildman–Crippen LogP) is 1.62. The van der Waals surface area contributed by atoms with Crippen LogP contribution in [0.15, 0.2) is 12.3 Å². The summed E-state index contributed by atoms with van der Waals surface area (Å²) in [4.78, 5) is 4.39. The molecule has 1 heterocycles. The van der Waals surface area contributed by atoms with Gasteiger partial charge in [0.1, 0.15) is 0 Å². The lowest BCUT2D eigenvalue weighted by Gasteiger charge is -2.15. The fraction of sp³-hybridized carbons (Fsp3) is 0.417. The van der Waals surface area contributed by atoms with Crippen LogP contribution in [0.5, 0.6) is 0 Å². The second-order valence-electron chi connectivity index (χ2n) is 3.56. The Hall–Kier alpha value is -1.37. The summed E-state index contributed by atoms with van der Waals surface area (Å²) >= 11 is 0. The van der Waals surface area contributed by atoms with Crippen LogP contribution in [0.4, 0.5) is 0 Å². The molecule has 15 heavy (non-hydrogen) atoms. The molecular formula is C12H17N3. The van der Waals surface area contributed by atoms with Crippen molar-refractivity contribution >= 4 is 0 Å². The van der Waals surface area contributed by atoms with E-state index in [1.807, 2.05) is 27.0 Å². The third kappa shape index (κ3) is 3.05. The molecule has 80 valence electrons. The Kier molecular flexibility index (Phi) is 4.29. The SMILES string of the molecule is CC#CCC(NN)c1ncc(C)cc1C. The topological polar surface area (TPSA) is 50.9 Å². The fourth-order valence-corrected chi connectivity index (χ4v) is 1.53. The van der Waals surface area contributed by atoms with Crippen molar-refractivity contribution in [2.75, 3.05) is 0 Å².